The van der Waals surface area contributed by atoms with Crippen LogP contribution in [0.1, 0.15) is 23.7 Å². The smallest absolute Gasteiger partial charge is 0.185 e. The van der Waals surface area contributed by atoms with Gasteiger partial charge in [-0.3, -0.25) is 0 Å². The molecule has 2 aliphatic rings. The zero-order chi connectivity index (χ0) is 19.7. The summed E-state index contributed by atoms with van der Waals surface area (Å²) in [5, 5.41) is 22.1. The summed E-state index contributed by atoms with van der Waals surface area (Å²) >= 11 is 12.5. The lowest BCUT2D eigenvalue weighted by atomic mass is 10.0. The molecule has 2 aromatic rings. The zero-order valence-corrected chi connectivity index (χ0v) is 16.3. The zero-order valence-electron chi connectivity index (χ0n) is 14.8. The molecule has 4 rings (SSSR count). The molecule has 8 heteroatoms. The summed E-state index contributed by atoms with van der Waals surface area (Å²) in [6.45, 7) is -0.0731. The van der Waals surface area contributed by atoms with Crippen molar-refractivity contribution in [1.29, 1.82) is 0 Å². The third-order valence-corrected chi connectivity index (χ3v) is 5.54. The first-order valence-electron chi connectivity index (χ1n) is 8.93. The van der Waals surface area contributed by atoms with Gasteiger partial charge in [0, 0.05) is 21.2 Å². The molecule has 28 heavy (non-hydrogen) atoms. The number of hydrogen-bond acceptors (Lipinski definition) is 6. The van der Waals surface area contributed by atoms with E-state index >= 15 is 0 Å². The van der Waals surface area contributed by atoms with Gasteiger partial charge < -0.3 is 29.2 Å². The third kappa shape index (κ3) is 4.06. The van der Waals surface area contributed by atoms with Gasteiger partial charge in [-0.05, 0) is 12.1 Å². The predicted octanol–water partition coefficient (Wildman–Crippen LogP) is 3.24. The van der Waals surface area contributed by atoms with Crippen molar-refractivity contribution in [3.63, 3.8) is 0 Å². The molecule has 2 bridgehead atoms. The third-order valence-electron chi connectivity index (χ3n) is 4.85. The van der Waals surface area contributed by atoms with Crippen LogP contribution >= 0.6 is 23.2 Å². The van der Waals surface area contributed by atoms with Gasteiger partial charge in [0.05, 0.1) is 13.2 Å². The molecule has 2 aromatic carbocycles. The highest BCUT2D eigenvalue weighted by atomic mass is 35.5. The number of ether oxygens (including phenoxy) is 4. The van der Waals surface area contributed by atoms with Crippen LogP contribution < -0.4 is 0 Å². The average Bonchev–Trinajstić information content (AvgIpc) is 2.70. The minimum Gasteiger partial charge on any atom is -0.387 e. The fraction of sp³-hybridized carbons (Fsp3) is 0.400. The summed E-state index contributed by atoms with van der Waals surface area (Å²) in [4.78, 5) is 0. The maximum Gasteiger partial charge on any atom is 0.185 e. The van der Waals surface area contributed by atoms with Crippen LogP contribution in [0.2, 0.25) is 10.0 Å². The Morgan fingerprint density at radius 1 is 0.679 bits per heavy atom. The molecule has 0 amide bonds. The molecule has 2 heterocycles. The SMILES string of the molecule is O[C@@H]1[C@@H](O)[C@H]2COC(c3ccccc3Cl)O[C@H]1COC(c1ccccc1Cl)O2. The van der Waals surface area contributed by atoms with Crippen LogP contribution in [0.4, 0.5) is 0 Å². The lowest BCUT2D eigenvalue weighted by molar-refractivity contribution is -0.317. The summed E-state index contributed by atoms with van der Waals surface area (Å²) in [7, 11) is 0. The molecule has 6 atom stereocenters. The van der Waals surface area contributed by atoms with Gasteiger partial charge in [-0.25, -0.2) is 0 Å². The van der Waals surface area contributed by atoms with Crippen molar-refractivity contribution in [2.45, 2.75) is 37.0 Å². The van der Waals surface area contributed by atoms with E-state index in [-0.39, 0.29) is 13.2 Å². The summed E-state index contributed by atoms with van der Waals surface area (Å²) in [5.41, 5.74) is 1.25. The number of hydrogen-bond donors (Lipinski definition) is 2. The van der Waals surface area contributed by atoms with Gasteiger partial charge in [0.2, 0.25) is 0 Å². The molecule has 2 N–H and O–H groups in total. The summed E-state index contributed by atoms with van der Waals surface area (Å²) < 4.78 is 23.6. The Hall–Kier alpha value is -1.22. The Labute approximate surface area is 172 Å². The van der Waals surface area contributed by atoms with Gasteiger partial charge in [0.1, 0.15) is 24.4 Å². The average molecular weight is 427 g/mol. The van der Waals surface area contributed by atoms with Crippen LogP contribution in [0.25, 0.3) is 0 Å². The van der Waals surface area contributed by atoms with Gasteiger partial charge in [0.25, 0.3) is 0 Å². The molecule has 6 nitrogen and oxygen atoms in total. The molecule has 0 spiro atoms. The molecule has 2 fully saturated rings. The number of fused-ring (bicyclic) bond motifs is 3. The highest BCUT2D eigenvalue weighted by Gasteiger charge is 2.42. The van der Waals surface area contributed by atoms with E-state index in [0.717, 1.165) is 0 Å². The second-order valence-corrected chi connectivity index (χ2v) is 7.52. The first kappa shape index (κ1) is 20.1. The molecule has 0 aromatic heterocycles. The van der Waals surface area contributed by atoms with E-state index in [1.807, 2.05) is 12.1 Å². The second kappa shape index (κ2) is 8.65. The van der Waals surface area contributed by atoms with E-state index in [1.54, 1.807) is 36.4 Å². The monoisotopic (exact) mass is 426 g/mol. The Balaban J connectivity index is 1.62. The number of benzene rings is 2. The van der Waals surface area contributed by atoms with E-state index in [0.29, 0.717) is 21.2 Å². The topological polar surface area (TPSA) is 77.4 Å². The lowest BCUT2D eigenvalue weighted by Crippen LogP contribution is -2.54. The van der Waals surface area contributed by atoms with Crippen molar-refractivity contribution in [1.82, 2.24) is 0 Å². The fourth-order valence-corrected chi connectivity index (χ4v) is 3.75. The normalized spacial score (nSPS) is 33.6. The van der Waals surface area contributed by atoms with E-state index in [9.17, 15) is 10.2 Å². The van der Waals surface area contributed by atoms with Crippen molar-refractivity contribution in [2.75, 3.05) is 13.2 Å². The first-order chi connectivity index (χ1) is 13.5. The Morgan fingerprint density at radius 2 is 1.07 bits per heavy atom. The largest absolute Gasteiger partial charge is 0.387 e. The van der Waals surface area contributed by atoms with E-state index in [2.05, 4.69) is 0 Å². The van der Waals surface area contributed by atoms with Gasteiger partial charge >= 0.3 is 0 Å². The quantitative estimate of drug-likeness (QED) is 0.767. The number of halogens is 2. The highest BCUT2D eigenvalue weighted by Crippen LogP contribution is 2.36. The van der Waals surface area contributed by atoms with Crippen molar-refractivity contribution >= 4 is 23.2 Å². The van der Waals surface area contributed by atoms with Crippen LogP contribution in [0.3, 0.4) is 0 Å². The van der Waals surface area contributed by atoms with Crippen LogP contribution in [-0.2, 0) is 18.9 Å². The Kier molecular flexibility index (Phi) is 6.20. The van der Waals surface area contributed by atoms with Crippen molar-refractivity contribution in [3.8, 4) is 0 Å². The molecule has 0 aliphatic carbocycles. The minimum absolute atomic E-state index is 0.0366. The van der Waals surface area contributed by atoms with Crippen molar-refractivity contribution in [2.24, 2.45) is 0 Å². The molecular formula is C20H20Cl2O6. The standard InChI is InChI=1S/C20H20Cl2O6/c21-13-7-3-1-5-11(13)19-25-9-16-18(24)17(23)15(27-19)10-26-20(28-16)12-6-2-4-8-14(12)22/h1-8,15-20,23-24H,9-10H2/t15-,16+,17-,18-,19?,20?/m0/s1. The lowest BCUT2D eigenvalue weighted by Gasteiger charge is -2.41. The Bertz CT molecular complexity index is 751. The van der Waals surface area contributed by atoms with Gasteiger partial charge in [-0.1, -0.05) is 59.6 Å². The van der Waals surface area contributed by atoms with Crippen LogP contribution in [-0.4, -0.2) is 47.8 Å². The van der Waals surface area contributed by atoms with Crippen molar-refractivity contribution < 1.29 is 29.2 Å². The molecule has 150 valence electrons. The molecule has 2 unspecified atom stereocenters. The fourth-order valence-electron chi connectivity index (χ4n) is 3.30. The number of rotatable bonds is 2. The second-order valence-electron chi connectivity index (χ2n) is 6.70. The van der Waals surface area contributed by atoms with Gasteiger partial charge in [-0.15, -0.1) is 0 Å². The molecule has 0 radical (unpaired) electrons. The molecule has 0 saturated carbocycles. The predicted molar refractivity (Wildman–Crippen MR) is 102 cm³/mol. The molecule has 2 saturated heterocycles. The summed E-state index contributed by atoms with van der Waals surface area (Å²) in [6.07, 6.45) is -5.79. The maximum atomic E-state index is 10.6. The Morgan fingerprint density at radius 3 is 1.46 bits per heavy atom. The minimum atomic E-state index is -1.22. The molecule has 2 aliphatic heterocycles. The van der Waals surface area contributed by atoms with Crippen LogP contribution in [0.5, 0.6) is 0 Å². The highest BCUT2D eigenvalue weighted by molar-refractivity contribution is 6.31. The maximum absolute atomic E-state index is 10.6. The van der Waals surface area contributed by atoms with E-state index in [4.69, 9.17) is 42.1 Å². The number of aliphatic hydroxyl groups excluding tert-OH is 2. The summed E-state index contributed by atoms with van der Waals surface area (Å²) in [5.74, 6) is 0. The number of aliphatic hydroxyl groups is 2. The van der Waals surface area contributed by atoms with Crippen LogP contribution in [0, 0.1) is 0 Å². The summed E-state index contributed by atoms with van der Waals surface area (Å²) in [6, 6.07) is 14.3. The van der Waals surface area contributed by atoms with Crippen LogP contribution in [0.15, 0.2) is 48.5 Å². The van der Waals surface area contributed by atoms with E-state index < -0.39 is 37.0 Å². The van der Waals surface area contributed by atoms with Gasteiger partial charge in [-0.2, -0.15) is 0 Å². The van der Waals surface area contributed by atoms with Crippen molar-refractivity contribution in [3.05, 3.63) is 69.7 Å². The van der Waals surface area contributed by atoms with Gasteiger partial charge in [0.15, 0.2) is 12.6 Å². The van der Waals surface area contributed by atoms with E-state index in [1.165, 1.54) is 0 Å². The first-order valence-corrected chi connectivity index (χ1v) is 9.69. The molecular weight excluding hydrogens is 407 g/mol.